The van der Waals surface area contributed by atoms with Crippen molar-refractivity contribution in [2.24, 2.45) is 5.73 Å². The molecule has 27 heavy (non-hydrogen) atoms. The number of hydrogen-bond acceptors (Lipinski definition) is 6. The van der Waals surface area contributed by atoms with E-state index in [1.807, 2.05) is 0 Å². The van der Waals surface area contributed by atoms with Gasteiger partial charge in [-0.25, -0.2) is 4.39 Å². The molecular formula is C19H18FN3O4. The number of nitrogens with zero attached hydrogens (tertiary/aromatic N) is 1. The topological polar surface area (TPSA) is 110 Å². The Kier molecular flexibility index (Phi) is 5.37. The van der Waals surface area contributed by atoms with Gasteiger partial charge >= 0.3 is 0 Å². The highest BCUT2D eigenvalue weighted by molar-refractivity contribution is 6.01. The lowest BCUT2D eigenvalue weighted by Crippen LogP contribution is -2.14. The van der Waals surface area contributed by atoms with E-state index in [0.717, 1.165) is 0 Å². The van der Waals surface area contributed by atoms with Gasteiger partial charge in [0.15, 0.2) is 0 Å². The average Bonchev–Trinajstić information content (AvgIpc) is 2.64. The highest BCUT2D eigenvalue weighted by Crippen LogP contribution is 2.33. The lowest BCUT2D eigenvalue weighted by atomic mass is 10.1. The van der Waals surface area contributed by atoms with Crippen LogP contribution in [0.5, 0.6) is 17.2 Å². The molecule has 7 nitrogen and oxygen atoms in total. The van der Waals surface area contributed by atoms with Crippen molar-refractivity contribution in [2.75, 3.05) is 26.1 Å². The highest BCUT2D eigenvalue weighted by atomic mass is 19.1. The number of ether oxygens (including phenoxy) is 3. The summed E-state index contributed by atoms with van der Waals surface area (Å²) in [7, 11) is 1.55. The van der Waals surface area contributed by atoms with Crippen LogP contribution in [0.15, 0.2) is 42.6 Å². The fourth-order valence-electron chi connectivity index (χ4n) is 2.48. The lowest BCUT2D eigenvalue weighted by molar-refractivity contribution is 0.0992. The molecule has 1 heterocycles. The summed E-state index contributed by atoms with van der Waals surface area (Å²) in [6.07, 6.45) is 1.54. The molecule has 4 N–H and O–H groups in total. The number of carbonyl (C=O) groups is 1. The van der Waals surface area contributed by atoms with Gasteiger partial charge in [0.1, 0.15) is 29.7 Å². The van der Waals surface area contributed by atoms with Crippen molar-refractivity contribution in [3.05, 3.63) is 54.0 Å². The number of aromatic nitrogens is 1. The maximum absolute atomic E-state index is 13.7. The summed E-state index contributed by atoms with van der Waals surface area (Å²) in [6, 6.07) is 8.87. The molecule has 0 bridgehead atoms. The number of rotatable bonds is 7. The van der Waals surface area contributed by atoms with Crippen LogP contribution >= 0.6 is 0 Å². The average molecular weight is 371 g/mol. The van der Waals surface area contributed by atoms with Gasteiger partial charge in [-0.2, -0.15) is 0 Å². The number of pyridine rings is 1. The minimum atomic E-state index is -0.655. The number of anilines is 1. The number of nitrogen functional groups attached to an aromatic ring is 1. The number of benzene rings is 2. The first-order valence-corrected chi connectivity index (χ1v) is 8.06. The first-order chi connectivity index (χ1) is 13.0. The van der Waals surface area contributed by atoms with Gasteiger partial charge in [0.05, 0.1) is 23.4 Å². The molecule has 140 valence electrons. The number of halogens is 1. The van der Waals surface area contributed by atoms with Crippen LogP contribution in [0.25, 0.3) is 10.9 Å². The van der Waals surface area contributed by atoms with Crippen molar-refractivity contribution >= 4 is 22.5 Å². The molecule has 0 saturated heterocycles. The Labute approximate surface area is 154 Å². The Morgan fingerprint density at radius 1 is 1.15 bits per heavy atom. The zero-order valence-corrected chi connectivity index (χ0v) is 14.6. The second kappa shape index (κ2) is 7.88. The second-order valence-electron chi connectivity index (χ2n) is 5.67. The van der Waals surface area contributed by atoms with Gasteiger partial charge in [-0.15, -0.1) is 0 Å². The van der Waals surface area contributed by atoms with Crippen LogP contribution in [0.1, 0.15) is 10.4 Å². The minimum Gasteiger partial charge on any atom is -0.490 e. The van der Waals surface area contributed by atoms with Crippen molar-refractivity contribution in [1.82, 2.24) is 4.98 Å². The van der Waals surface area contributed by atoms with Gasteiger partial charge in [-0.3, -0.25) is 9.78 Å². The number of carbonyl (C=O) groups excluding carboxylic acids is 1. The number of hydrogen-bond donors (Lipinski definition) is 2. The number of nitrogens with two attached hydrogens (primary N) is 2. The third kappa shape index (κ3) is 4.06. The molecule has 8 heteroatoms. The molecule has 1 aromatic heterocycles. The molecule has 3 rings (SSSR count). The normalized spacial score (nSPS) is 10.7. The molecule has 0 aliphatic carbocycles. The molecule has 0 fully saturated rings. The van der Waals surface area contributed by atoms with E-state index in [-0.39, 0.29) is 23.6 Å². The van der Waals surface area contributed by atoms with Gasteiger partial charge < -0.3 is 25.7 Å². The summed E-state index contributed by atoms with van der Waals surface area (Å²) in [5, 5.41) is 0.530. The standard InChI is InChI=1S/C19H18FN3O4/c1-25-6-7-26-18-10-16-12(9-13(18)19(22)24)17(4-5-23-16)27-11-2-3-15(21)14(20)8-11/h2-5,8-10H,6-7,21H2,1H3,(H2,22,24). The Bertz CT molecular complexity index is 994. The van der Waals surface area contributed by atoms with Crippen LogP contribution in [-0.2, 0) is 4.74 Å². The van der Waals surface area contributed by atoms with E-state index in [9.17, 15) is 9.18 Å². The summed E-state index contributed by atoms with van der Waals surface area (Å²) in [5.74, 6) is -0.296. The predicted molar refractivity (Wildman–Crippen MR) is 98.5 cm³/mol. The van der Waals surface area contributed by atoms with Crippen molar-refractivity contribution in [3.8, 4) is 17.2 Å². The van der Waals surface area contributed by atoms with Crippen LogP contribution in [0.4, 0.5) is 10.1 Å². The van der Waals surface area contributed by atoms with E-state index < -0.39 is 11.7 Å². The number of methoxy groups -OCH3 is 1. The van der Waals surface area contributed by atoms with Crippen LogP contribution < -0.4 is 20.9 Å². The van der Waals surface area contributed by atoms with E-state index in [4.69, 9.17) is 25.7 Å². The first-order valence-electron chi connectivity index (χ1n) is 8.06. The van der Waals surface area contributed by atoms with E-state index in [0.29, 0.717) is 29.0 Å². The molecule has 0 unspecified atom stereocenters. The largest absolute Gasteiger partial charge is 0.490 e. The molecule has 0 spiro atoms. The Morgan fingerprint density at radius 2 is 1.96 bits per heavy atom. The zero-order valence-electron chi connectivity index (χ0n) is 14.6. The predicted octanol–water partition coefficient (Wildman–Crippen LogP) is 2.87. The van der Waals surface area contributed by atoms with Gasteiger partial charge in [-0.05, 0) is 24.3 Å². The molecule has 1 amide bonds. The van der Waals surface area contributed by atoms with Gasteiger partial charge in [-0.1, -0.05) is 0 Å². The van der Waals surface area contributed by atoms with E-state index >= 15 is 0 Å². The fraction of sp³-hybridized carbons (Fsp3) is 0.158. The Balaban J connectivity index is 2.02. The quantitative estimate of drug-likeness (QED) is 0.488. The molecule has 2 aromatic carbocycles. The molecule has 0 aliphatic heterocycles. The summed E-state index contributed by atoms with van der Waals surface area (Å²) in [4.78, 5) is 16.1. The Hall–Kier alpha value is -3.39. The summed E-state index contributed by atoms with van der Waals surface area (Å²) in [6.45, 7) is 0.610. The number of primary amides is 1. The molecule has 0 aliphatic rings. The molecule has 0 radical (unpaired) electrons. The van der Waals surface area contributed by atoms with Crippen LogP contribution in [0.3, 0.4) is 0 Å². The molecule has 0 saturated carbocycles. The van der Waals surface area contributed by atoms with Crippen molar-refractivity contribution < 1.29 is 23.4 Å². The van der Waals surface area contributed by atoms with Crippen molar-refractivity contribution in [1.29, 1.82) is 0 Å². The number of fused-ring (bicyclic) bond motifs is 1. The molecular weight excluding hydrogens is 353 g/mol. The Morgan fingerprint density at radius 3 is 2.67 bits per heavy atom. The van der Waals surface area contributed by atoms with Gasteiger partial charge in [0.2, 0.25) is 0 Å². The van der Waals surface area contributed by atoms with Crippen LogP contribution in [0, 0.1) is 5.82 Å². The third-order valence-corrected chi connectivity index (χ3v) is 3.81. The smallest absolute Gasteiger partial charge is 0.252 e. The van der Waals surface area contributed by atoms with E-state index in [1.54, 1.807) is 25.3 Å². The SMILES string of the molecule is COCCOc1cc2nccc(Oc3ccc(N)c(F)c3)c2cc1C(N)=O. The van der Waals surface area contributed by atoms with Crippen molar-refractivity contribution in [3.63, 3.8) is 0 Å². The van der Waals surface area contributed by atoms with Crippen LogP contribution in [-0.4, -0.2) is 31.2 Å². The molecule has 0 atom stereocenters. The minimum absolute atomic E-state index is 0.0239. The maximum Gasteiger partial charge on any atom is 0.252 e. The number of amides is 1. The fourth-order valence-corrected chi connectivity index (χ4v) is 2.48. The highest BCUT2D eigenvalue weighted by Gasteiger charge is 2.15. The van der Waals surface area contributed by atoms with Gasteiger partial charge in [0.25, 0.3) is 5.91 Å². The second-order valence-corrected chi connectivity index (χ2v) is 5.67. The van der Waals surface area contributed by atoms with Crippen molar-refractivity contribution in [2.45, 2.75) is 0 Å². The summed E-state index contributed by atoms with van der Waals surface area (Å²) in [5.41, 5.74) is 11.7. The van der Waals surface area contributed by atoms with E-state index in [1.165, 1.54) is 24.4 Å². The molecule has 3 aromatic rings. The van der Waals surface area contributed by atoms with E-state index in [2.05, 4.69) is 4.98 Å². The van der Waals surface area contributed by atoms with Crippen LogP contribution in [0.2, 0.25) is 0 Å². The van der Waals surface area contributed by atoms with Gasteiger partial charge in [0, 0.05) is 30.8 Å². The summed E-state index contributed by atoms with van der Waals surface area (Å²) < 4.78 is 29.9. The lowest BCUT2D eigenvalue weighted by Gasteiger charge is -2.13. The first kappa shape index (κ1) is 18.4. The maximum atomic E-state index is 13.7. The summed E-state index contributed by atoms with van der Waals surface area (Å²) >= 11 is 0. The monoisotopic (exact) mass is 371 g/mol. The third-order valence-electron chi connectivity index (χ3n) is 3.81. The zero-order chi connectivity index (χ0) is 19.4.